The number of benzene rings is 2. The molecule has 0 aliphatic rings. The highest BCUT2D eigenvalue weighted by Crippen LogP contribution is 2.31. The lowest BCUT2D eigenvalue weighted by Gasteiger charge is -2.04. The van der Waals surface area contributed by atoms with Crippen molar-refractivity contribution in [3.05, 3.63) is 60.5 Å². The van der Waals surface area contributed by atoms with Gasteiger partial charge in [0, 0.05) is 22.7 Å². The van der Waals surface area contributed by atoms with Crippen LogP contribution >= 0.6 is 39.1 Å². The largest absolute Gasteiger partial charge is 0.506 e. The number of anilines is 1. The van der Waals surface area contributed by atoms with Gasteiger partial charge in [-0.15, -0.1) is 0 Å². The third-order valence-electron chi connectivity index (χ3n) is 2.61. The van der Waals surface area contributed by atoms with Crippen LogP contribution in [0, 0.1) is 10.1 Å². The maximum absolute atomic E-state index is 10.8. The molecular weight excluding hydrogens is 397 g/mol. The van der Waals surface area contributed by atoms with Crippen LogP contribution in [-0.4, -0.2) is 16.2 Å². The number of non-ortho nitro benzene ring substituents is 1. The smallest absolute Gasteiger partial charge is 0.271 e. The predicted octanol–water partition coefficient (Wildman–Crippen LogP) is 4.82. The van der Waals surface area contributed by atoms with Gasteiger partial charge in [-0.1, -0.05) is 23.2 Å². The zero-order valence-corrected chi connectivity index (χ0v) is 13.9. The van der Waals surface area contributed by atoms with Crippen molar-refractivity contribution in [3.63, 3.8) is 0 Å². The van der Waals surface area contributed by atoms with Gasteiger partial charge < -0.3 is 5.11 Å². The van der Waals surface area contributed by atoms with Crippen molar-refractivity contribution in [2.24, 2.45) is 5.10 Å². The predicted molar refractivity (Wildman–Crippen MR) is 90.1 cm³/mol. The molecule has 2 aromatic rings. The molecule has 0 aromatic heterocycles. The van der Waals surface area contributed by atoms with Crippen molar-refractivity contribution in [1.82, 2.24) is 0 Å². The van der Waals surface area contributed by atoms with Gasteiger partial charge in [0.2, 0.25) is 0 Å². The topological polar surface area (TPSA) is 87.8 Å². The number of nitro groups is 1. The van der Waals surface area contributed by atoms with Crippen LogP contribution in [-0.2, 0) is 0 Å². The first-order chi connectivity index (χ1) is 10.4. The van der Waals surface area contributed by atoms with Crippen LogP contribution in [0.3, 0.4) is 0 Å². The van der Waals surface area contributed by atoms with E-state index in [1.165, 1.54) is 18.3 Å². The first-order valence-corrected chi connectivity index (χ1v) is 7.34. The molecule has 0 saturated heterocycles. The molecule has 2 rings (SSSR count). The van der Waals surface area contributed by atoms with Gasteiger partial charge in [-0.2, -0.15) is 5.10 Å². The van der Waals surface area contributed by atoms with E-state index in [0.717, 1.165) is 0 Å². The first kappa shape index (κ1) is 16.5. The molecule has 0 aliphatic heterocycles. The number of hydrazone groups is 1. The number of rotatable bonds is 4. The summed E-state index contributed by atoms with van der Waals surface area (Å²) in [5.41, 5.74) is 3.18. The average Bonchev–Trinajstić information content (AvgIpc) is 2.45. The molecule has 0 atom stereocenters. The maximum atomic E-state index is 10.8. The summed E-state index contributed by atoms with van der Waals surface area (Å²) in [7, 11) is 0. The highest BCUT2D eigenvalue weighted by Gasteiger charge is 2.13. The number of hydrogen-bond acceptors (Lipinski definition) is 5. The van der Waals surface area contributed by atoms with Gasteiger partial charge in [0.05, 0.1) is 26.3 Å². The minimum Gasteiger partial charge on any atom is -0.506 e. The number of hydrogen-bond donors (Lipinski definition) is 2. The lowest BCUT2D eigenvalue weighted by molar-refractivity contribution is -0.385. The molecule has 9 heteroatoms. The minimum atomic E-state index is -0.564. The Morgan fingerprint density at radius 3 is 2.68 bits per heavy atom. The average molecular weight is 405 g/mol. The summed E-state index contributed by atoms with van der Waals surface area (Å²) in [4.78, 5) is 10.2. The van der Waals surface area contributed by atoms with E-state index in [1.807, 2.05) is 0 Å². The number of halogens is 3. The Hall–Kier alpha value is -1.83. The Kier molecular flexibility index (Phi) is 5.23. The molecule has 6 nitrogen and oxygen atoms in total. The number of nitro benzene ring substituents is 1. The Morgan fingerprint density at radius 2 is 2.05 bits per heavy atom. The van der Waals surface area contributed by atoms with Crippen molar-refractivity contribution < 1.29 is 10.0 Å². The Balaban J connectivity index is 2.24. The van der Waals surface area contributed by atoms with Crippen LogP contribution in [0.5, 0.6) is 5.75 Å². The molecule has 2 aromatic carbocycles. The molecule has 0 unspecified atom stereocenters. The quantitative estimate of drug-likeness (QED) is 0.434. The fraction of sp³-hybridized carbons (Fsp3) is 0. The molecule has 2 N–H and O–H groups in total. The van der Waals surface area contributed by atoms with Crippen molar-refractivity contribution in [2.45, 2.75) is 0 Å². The molecule has 0 bridgehead atoms. The highest BCUT2D eigenvalue weighted by molar-refractivity contribution is 9.10. The van der Waals surface area contributed by atoms with Crippen LogP contribution in [0.1, 0.15) is 5.56 Å². The van der Waals surface area contributed by atoms with E-state index in [0.29, 0.717) is 15.7 Å². The monoisotopic (exact) mass is 403 g/mol. The maximum Gasteiger partial charge on any atom is 0.271 e. The summed E-state index contributed by atoms with van der Waals surface area (Å²) >= 11 is 14.8. The number of phenolic OH excluding ortho intramolecular Hbond substituents is 1. The minimum absolute atomic E-state index is 0.154. The molecule has 0 radical (unpaired) electrons. The van der Waals surface area contributed by atoms with Crippen LogP contribution < -0.4 is 5.43 Å². The van der Waals surface area contributed by atoms with Crippen LogP contribution in [0.15, 0.2) is 39.9 Å². The second-order valence-corrected chi connectivity index (χ2v) is 5.81. The standard InChI is InChI=1S/C13H8BrCl2N3O3/c14-10-5-9(19(21)22)3-7(13(10)20)6-17-18-12-2-1-8(15)4-11(12)16/h1-6,18,20H/b17-6-. The summed E-state index contributed by atoms with van der Waals surface area (Å²) in [6, 6.07) is 7.21. The van der Waals surface area contributed by atoms with Crippen molar-refractivity contribution in [2.75, 3.05) is 5.43 Å². The van der Waals surface area contributed by atoms with Crippen LogP contribution in [0.4, 0.5) is 11.4 Å². The number of nitrogens with one attached hydrogen (secondary N) is 1. The normalized spacial score (nSPS) is 10.9. The van der Waals surface area contributed by atoms with E-state index >= 15 is 0 Å². The highest BCUT2D eigenvalue weighted by atomic mass is 79.9. The van der Waals surface area contributed by atoms with Gasteiger partial charge in [0.15, 0.2) is 0 Å². The zero-order chi connectivity index (χ0) is 16.3. The summed E-state index contributed by atoms with van der Waals surface area (Å²) < 4.78 is 0.202. The Bertz CT molecular complexity index is 768. The van der Waals surface area contributed by atoms with Gasteiger partial charge in [0.25, 0.3) is 5.69 Å². The van der Waals surface area contributed by atoms with Gasteiger partial charge in [-0.05, 0) is 34.1 Å². The van der Waals surface area contributed by atoms with Gasteiger partial charge >= 0.3 is 0 Å². The van der Waals surface area contributed by atoms with E-state index < -0.39 is 4.92 Å². The summed E-state index contributed by atoms with van der Waals surface area (Å²) in [5.74, 6) is -0.154. The summed E-state index contributed by atoms with van der Waals surface area (Å²) in [6.07, 6.45) is 1.25. The summed E-state index contributed by atoms with van der Waals surface area (Å²) in [5, 5.41) is 25.4. The van der Waals surface area contributed by atoms with Crippen molar-refractivity contribution in [3.8, 4) is 5.75 Å². The first-order valence-electron chi connectivity index (χ1n) is 5.79. The van der Waals surface area contributed by atoms with Crippen LogP contribution in [0.25, 0.3) is 0 Å². The fourth-order valence-corrected chi connectivity index (χ4v) is 2.47. The van der Waals surface area contributed by atoms with Gasteiger partial charge in [-0.25, -0.2) is 0 Å². The second kappa shape index (κ2) is 6.95. The van der Waals surface area contributed by atoms with Crippen molar-refractivity contribution in [1.29, 1.82) is 0 Å². The fourth-order valence-electron chi connectivity index (χ4n) is 1.56. The lowest BCUT2D eigenvalue weighted by Crippen LogP contribution is -1.94. The molecule has 0 amide bonds. The lowest BCUT2D eigenvalue weighted by atomic mass is 10.2. The van der Waals surface area contributed by atoms with E-state index in [4.69, 9.17) is 23.2 Å². The molecule has 0 saturated carbocycles. The molecule has 0 fully saturated rings. The Labute approximate surface area is 143 Å². The SMILES string of the molecule is O=[N+]([O-])c1cc(Br)c(O)c(/C=N\Nc2ccc(Cl)cc2Cl)c1. The van der Waals surface area contributed by atoms with E-state index in [2.05, 4.69) is 26.5 Å². The number of aromatic hydroxyl groups is 1. The zero-order valence-electron chi connectivity index (χ0n) is 10.8. The van der Waals surface area contributed by atoms with E-state index in [-0.39, 0.29) is 21.5 Å². The summed E-state index contributed by atoms with van der Waals surface area (Å²) in [6.45, 7) is 0. The molecule has 22 heavy (non-hydrogen) atoms. The van der Waals surface area contributed by atoms with Crippen LogP contribution in [0.2, 0.25) is 10.0 Å². The molecule has 0 aliphatic carbocycles. The van der Waals surface area contributed by atoms with Crippen molar-refractivity contribution >= 4 is 56.7 Å². The molecule has 0 spiro atoms. The third kappa shape index (κ3) is 3.88. The van der Waals surface area contributed by atoms with E-state index in [1.54, 1.807) is 18.2 Å². The second-order valence-electron chi connectivity index (χ2n) is 4.12. The molecular formula is C13H8BrCl2N3O3. The number of nitrogens with zero attached hydrogens (tertiary/aromatic N) is 2. The third-order valence-corrected chi connectivity index (χ3v) is 3.76. The van der Waals surface area contributed by atoms with Gasteiger partial charge in [0.1, 0.15) is 5.75 Å². The molecule has 114 valence electrons. The molecule has 0 heterocycles. The number of phenols is 1. The van der Waals surface area contributed by atoms with Gasteiger partial charge in [-0.3, -0.25) is 15.5 Å². The van der Waals surface area contributed by atoms with E-state index in [9.17, 15) is 15.2 Å². The Morgan fingerprint density at radius 1 is 1.32 bits per heavy atom.